The number of benzene rings is 1. The zero-order chi connectivity index (χ0) is 19.1. The van der Waals surface area contributed by atoms with Gasteiger partial charge in [-0.15, -0.1) is 0 Å². The molecule has 0 aliphatic rings. The van der Waals surface area contributed by atoms with E-state index in [4.69, 9.17) is 14.0 Å². The predicted molar refractivity (Wildman–Crippen MR) is 95.6 cm³/mol. The molecule has 1 heterocycles. The normalized spacial score (nSPS) is 10.3. The molecule has 2 rings (SSSR count). The molecule has 1 N–H and O–H groups in total. The van der Waals surface area contributed by atoms with E-state index in [-0.39, 0.29) is 18.4 Å². The molecule has 0 spiro atoms. The van der Waals surface area contributed by atoms with Crippen LogP contribution in [0.3, 0.4) is 0 Å². The van der Waals surface area contributed by atoms with Crippen LogP contribution in [0.2, 0.25) is 0 Å². The average molecular weight is 361 g/mol. The average Bonchev–Trinajstić information content (AvgIpc) is 3.04. The van der Waals surface area contributed by atoms with Crippen molar-refractivity contribution in [2.45, 2.75) is 20.3 Å². The molecule has 0 aliphatic heterocycles. The number of methoxy groups -OCH3 is 2. The van der Waals surface area contributed by atoms with Crippen molar-refractivity contribution in [1.82, 2.24) is 10.1 Å². The lowest BCUT2D eigenvalue weighted by atomic mass is 10.1. The molecule has 0 aliphatic carbocycles. The Balaban J connectivity index is 2.15. The molecule has 0 saturated carbocycles. The van der Waals surface area contributed by atoms with Gasteiger partial charge in [0.25, 0.3) is 5.91 Å². The Hall–Kier alpha value is -3.03. The zero-order valence-corrected chi connectivity index (χ0v) is 15.4. The third-order valence-electron chi connectivity index (χ3n) is 3.65. The van der Waals surface area contributed by atoms with E-state index < -0.39 is 0 Å². The summed E-state index contributed by atoms with van der Waals surface area (Å²) in [7, 11) is 3.02. The third-order valence-corrected chi connectivity index (χ3v) is 3.65. The maximum Gasteiger partial charge on any atom is 0.258 e. The van der Waals surface area contributed by atoms with E-state index in [9.17, 15) is 9.59 Å². The maximum atomic E-state index is 12.9. The van der Waals surface area contributed by atoms with Gasteiger partial charge in [-0.3, -0.25) is 9.59 Å². The largest absolute Gasteiger partial charge is 0.497 e. The van der Waals surface area contributed by atoms with Crippen molar-refractivity contribution in [1.29, 1.82) is 0 Å². The Kier molecular flexibility index (Phi) is 6.60. The molecule has 0 atom stereocenters. The summed E-state index contributed by atoms with van der Waals surface area (Å²) in [6, 6.07) is 6.55. The first-order chi connectivity index (χ1) is 12.5. The lowest BCUT2D eigenvalue weighted by Crippen LogP contribution is -2.38. The molecule has 1 aromatic heterocycles. The summed E-state index contributed by atoms with van der Waals surface area (Å²) in [4.78, 5) is 26.6. The Morgan fingerprint density at radius 1 is 1.23 bits per heavy atom. The van der Waals surface area contributed by atoms with Crippen LogP contribution in [0, 0.1) is 6.92 Å². The van der Waals surface area contributed by atoms with Crippen molar-refractivity contribution in [2.24, 2.45) is 0 Å². The molecule has 1 aromatic carbocycles. The first kappa shape index (κ1) is 19.3. The number of amides is 2. The Morgan fingerprint density at radius 3 is 2.58 bits per heavy atom. The van der Waals surface area contributed by atoms with Gasteiger partial charge in [-0.1, -0.05) is 12.1 Å². The fraction of sp³-hybridized carbons (Fsp3) is 0.389. The summed E-state index contributed by atoms with van der Waals surface area (Å²) < 4.78 is 15.4. The summed E-state index contributed by atoms with van der Waals surface area (Å²) in [5.74, 6) is 1.23. The van der Waals surface area contributed by atoms with Crippen molar-refractivity contribution in [3.8, 4) is 11.5 Å². The molecular weight excluding hydrogens is 338 g/mol. The zero-order valence-electron chi connectivity index (χ0n) is 15.4. The fourth-order valence-electron chi connectivity index (χ4n) is 2.45. The van der Waals surface area contributed by atoms with Crippen LogP contribution >= 0.6 is 0 Å². The van der Waals surface area contributed by atoms with Crippen LogP contribution in [0.1, 0.15) is 29.5 Å². The highest BCUT2D eigenvalue weighted by atomic mass is 16.5. The van der Waals surface area contributed by atoms with Gasteiger partial charge in [-0.05, 0) is 25.5 Å². The van der Waals surface area contributed by atoms with E-state index in [2.05, 4.69) is 10.5 Å². The van der Waals surface area contributed by atoms with E-state index in [1.165, 1.54) is 19.1 Å². The lowest BCUT2D eigenvalue weighted by Gasteiger charge is -2.22. The number of nitrogens with one attached hydrogen (secondary N) is 1. The number of aryl methyl sites for hydroxylation is 1. The number of ether oxygens (including phenoxy) is 2. The lowest BCUT2D eigenvalue weighted by molar-refractivity contribution is -0.116. The summed E-state index contributed by atoms with van der Waals surface area (Å²) in [6.45, 7) is 3.99. The molecule has 0 bridgehead atoms. The number of carbonyl (C=O) groups is 2. The van der Waals surface area contributed by atoms with Crippen LogP contribution in [0.4, 0.5) is 5.82 Å². The molecule has 8 heteroatoms. The minimum Gasteiger partial charge on any atom is -0.497 e. The van der Waals surface area contributed by atoms with Crippen LogP contribution in [-0.4, -0.2) is 49.2 Å². The van der Waals surface area contributed by atoms with Gasteiger partial charge in [0.1, 0.15) is 23.8 Å². The minimum absolute atomic E-state index is 0.103. The topological polar surface area (TPSA) is 93.9 Å². The van der Waals surface area contributed by atoms with Crippen LogP contribution in [0.5, 0.6) is 11.5 Å². The maximum absolute atomic E-state index is 12.9. The summed E-state index contributed by atoms with van der Waals surface area (Å²) in [5.41, 5.74) is 0.367. The second-order valence-corrected chi connectivity index (χ2v) is 5.66. The quantitative estimate of drug-likeness (QED) is 0.776. The number of nitrogens with zero attached hydrogens (tertiary/aromatic N) is 2. The fourth-order valence-corrected chi connectivity index (χ4v) is 2.45. The predicted octanol–water partition coefficient (Wildman–Crippen LogP) is 2.49. The van der Waals surface area contributed by atoms with Gasteiger partial charge in [0, 0.05) is 18.7 Å². The number of hydrogen-bond acceptors (Lipinski definition) is 6. The van der Waals surface area contributed by atoms with E-state index in [1.54, 1.807) is 31.2 Å². The first-order valence-corrected chi connectivity index (χ1v) is 8.23. The molecule has 0 fully saturated rings. The first-order valence-electron chi connectivity index (χ1n) is 8.23. The van der Waals surface area contributed by atoms with Crippen molar-refractivity contribution in [3.63, 3.8) is 0 Å². The van der Waals surface area contributed by atoms with Crippen molar-refractivity contribution >= 4 is 17.6 Å². The van der Waals surface area contributed by atoms with Gasteiger partial charge < -0.3 is 24.2 Å². The Labute approximate surface area is 152 Å². The molecular formula is C18H23N3O5. The third kappa shape index (κ3) is 4.75. The monoisotopic (exact) mass is 361 g/mol. The second kappa shape index (κ2) is 8.89. The SMILES string of the molecule is CCCN(CC(=O)Nc1cc(C)on1)C(=O)c1ccc(OC)cc1OC. The van der Waals surface area contributed by atoms with Gasteiger partial charge in [-0.25, -0.2) is 0 Å². The van der Waals surface area contributed by atoms with Crippen LogP contribution in [0.25, 0.3) is 0 Å². The van der Waals surface area contributed by atoms with Crippen molar-refractivity contribution in [2.75, 3.05) is 32.6 Å². The van der Waals surface area contributed by atoms with Gasteiger partial charge >= 0.3 is 0 Å². The number of rotatable bonds is 8. The van der Waals surface area contributed by atoms with Crippen LogP contribution in [0.15, 0.2) is 28.8 Å². The van der Waals surface area contributed by atoms with Crippen molar-refractivity contribution < 1.29 is 23.6 Å². The number of carbonyl (C=O) groups excluding carboxylic acids is 2. The van der Waals surface area contributed by atoms with Gasteiger partial charge in [0.15, 0.2) is 5.82 Å². The molecule has 0 saturated heterocycles. The Morgan fingerprint density at radius 2 is 2.00 bits per heavy atom. The summed E-state index contributed by atoms with van der Waals surface area (Å²) in [6.07, 6.45) is 0.709. The second-order valence-electron chi connectivity index (χ2n) is 5.66. The summed E-state index contributed by atoms with van der Waals surface area (Å²) >= 11 is 0. The van der Waals surface area contributed by atoms with E-state index >= 15 is 0 Å². The minimum atomic E-state index is -0.354. The number of anilines is 1. The van der Waals surface area contributed by atoms with E-state index in [0.717, 1.165) is 0 Å². The molecule has 2 aromatic rings. The van der Waals surface area contributed by atoms with E-state index in [0.29, 0.717) is 41.6 Å². The molecule has 26 heavy (non-hydrogen) atoms. The van der Waals surface area contributed by atoms with Gasteiger partial charge in [-0.2, -0.15) is 0 Å². The molecule has 140 valence electrons. The highest BCUT2D eigenvalue weighted by Gasteiger charge is 2.22. The number of hydrogen-bond donors (Lipinski definition) is 1. The highest BCUT2D eigenvalue weighted by Crippen LogP contribution is 2.25. The van der Waals surface area contributed by atoms with Crippen molar-refractivity contribution in [3.05, 3.63) is 35.6 Å². The molecule has 0 radical (unpaired) electrons. The van der Waals surface area contributed by atoms with Gasteiger partial charge in [0.05, 0.1) is 19.8 Å². The smallest absolute Gasteiger partial charge is 0.258 e. The molecule has 0 unspecified atom stereocenters. The molecule has 2 amide bonds. The van der Waals surface area contributed by atoms with Gasteiger partial charge in [0.2, 0.25) is 5.91 Å². The summed E-state index contributed by atoms with van der Waals surface area (Å²) in [5, 5.41) is 6.33. The Bertz CT molecular complexity index is 772. The standard InChI is InChI=1S/C18H23N3O5/c1-5-8-21(11-17(22)19-16-9-12(2)26-20-16)18(23)14-7-6-13(24-3)10-15(14)25-4/h6-7,9-10H,5,8,11H2,1-4H3,(H,19,20,22). The van der Waals surface area contributed by atoms with Crippen LogP contribution in [-0.2, 0) is 4.79 Å². The number of aromatic nitrogens is 1. The molecule has 8 nitrogen and oxygen atoms in total. The van der Waals surface area contributed by atoms with E-state index in [1.807, 2.05) is 6.92 Å². The van der Waals surface area contributed by atoms with Crippen LogP contribution < -0.4 is 14.8 Å². The highest BCUT2D eigenvalue weighted by molar-refractivity contribution is 6.00.